The Morgan fingerprint density at radius 1 is 1.33 bits per heavy atom. The van der Waals surface area contributed by atoms with Crippen molar-refractivity contribution in [3.8, 4) is 0 Å². The van der Waals surface area contributed by atoms with E-state index in [0.29, 0.717) is 0 Å². The molecule has 2 aliphatic rings. The van der Waals surface area contributed by atoms with E-state index in [-0.39, 0.29) is 0 Å². The Labute approximate surface area is 70.3 Å². The number of rotatable bonds is 0. The van der Waals surface area contributed by atoms with Gasteiger partial charge in [0.15, 0.2) is 0 Å². The lowest BCUT2D eigenvalue weighted by Gasteiger charge is -2.46. The van der Waals surface area contributed by atoms with Gasteiger partial charge < -0.3 is 4.89 Å². The fourth-order valence-corrected chi connectivity index (χ4v) is 2.63. The summed E-state index contributed by atoms with van der Waals surface area (Å²) in [4.78, 5) is 12.3. The number of phosphoric ester groups is 1. The van der Waals surface area contributed by atoms with Crippen molar-refractivity contribution < 1.29 is 18.5 Å². The number of hydrogen-bond acceptors (Lipinski definition) is 5. The highest BCUT2D eigenvalue weighted by atomic mass is 31.2. The molecule has 0 bridgehead atoms. The zero-order valence-corrected chi connectivity index (χ0v) is 7.82. The summed E-state index contributed by atoms with van der Waals surface area (Å²) in [5.41, 5.74) is 0. The van der Waals surface area contributed by atoms with Crippen LogP contribution in [-0.2, 0) is 13.6 Å². The Hall–Kier alpha value is 0.0300. The summed E-state index contributed by atoms with van der Waals surface area (Å²) in [6, 6.07) is -1.08. The summed E-state index contributed by atoms with van der Waals surface area (Å²) in [7, 11) is -0.178. The Kier molecular flexibility index (Phi) is 1.64. The monoisotopic (exact) mass is 194 g/mol. The molecule has 2 fully saturated rings. The minimum absolute atomic E-state index is 0.760. The SMILES string of the molecule is CN1CCN(C)C12OP(=O)(O)O2. The van der Waals surface area contributed by atoms with Crippen LogP contribution in [-0.4, -0.2) is 47.9 Å². The zero-order valence-electron chi connectivity index (χ0n) is 6.93. The quantitative estimate of drug-likeness (QED) is 0.530. The van der Waals surface area contributed by atoms with Gasteiger partial charge in [-0.25, -0.2) is 23.4 Å². The average molecular weight is 194 g/mol. The van der Waals surface area contributed by atoms with Gasteiger partial charge in [0.2, 0.25) is 0 Å². The van der Waals surface area contributed by atoms with Gasteiger partial charge in [0.25, 0.3) is 0 Å². The van der Waals surface area contributed by atoms with Crippen molar-refractivity contribution in [3.05, 3.63) is 0 Å². The summed E-state index contributed by atoms with van der Waals surface area (Å²) in [5, 5.41) is 0. The van der Waals surface area contributed by atoms with Gasteiger partial charge in [-0.3, -0.25) is 0 Å². The van der Waals surface area contributed by atoms with Crippen LogP contribution in [0.5, 0.6) is 0 Å². The van der Waals surface area contributed by atoms with Gasteiger partial charge in [-0.2, -0.15) is 0 Å². The van der Waals surface area contributed by atoms with Crippen molar-refractivity contribution in [1.29, 1.82) is 0 Å². The number of phosphoric acid groups is 1. The van der Waals surface area contributed by atoms with E-state index in [2.05, 4.69) is 0 Å². The number of nitrogens with zero attached hydrogens (tertiary/aromatic N) is 2. The second-order valence-corrected chi connectivity index (χ2v) is 4.34. The largest absolute Gasteiger partial charge is 0.481 e. The molecule has 0 aromatic heterocycles. The van der Waals surface area contributed by atoms with Gasteiger partial charge in [0.05, 0.1) is 0 Å². The Morgan fingerprint density at radius 2 is 1.75 bits per heavy atom. The third kappa shape index (κ3) is 0.970. The standard InChI is InChI=1S/C5H11N2O4P/c1-6-3-4-7(2)5(6)10-12(8,9)11-5/h3-4H2,1-2H3,(H,8,9). The lowest BCUT2D eigenvalue weighted by atomic mass is 10.6. The molecule has 1 N–H and O–H groups in total. The zero-order chi connectivity index (χ0) is 8.98. The van der Waals surface area contributed by atoms with Crippen molar-refractivity contribution in [2.45, 2.75) is 6.03 Å². The van der Waals surface area contributed by atoms with Gasteiger partial charge in [-0.15, -0.1) is 0 Å². The molecule has 2 aliphatic heterocycles. The first-order chi connectivity index (χ1) is 5.46. The van der Waals surface area contributed by atoms with Crippen LogP contribution in [0.4, 0.5) is 0 Å². The van der Waals surface area contributed by atoms with Crippen LogP contribution in [0, 0.1) is 0 Å². The van der Waals surface area contributed by atoms with Gasteiger partial charge in [-0.05, 0) is 14.1 Å². The van der Waals surface area contributed by atoms with Crippen LogP contribution < -0.4 is 0 Å². The summed E-state index contributed by atoms with van der Waals surface area (Å²) in [6.07, 6.45) is 0. The molecule has 2 heterocycles. The van der Waals surface area contributed by atoms with E-state index < -0.39 is 13.9 Å². The summed E-state index contributed by atoms with van der Waals surface area (Å²) in [6.45, 7) is 1.52. The number of hydrogen-bond donors (Lipinski definition) is 1. The lowest BCUT2D eigenvalue weighted by Crippen LogP contribution is -2.59. The van der Waals surface area contributed by atoms with Gasteiger partial charge in [0, 0.05) is 13.1 Å². The average Bonchev–Trinajstić information content (AvgIpc) is 2.14. The minimum Gasteiger partial charge on any atom is -0.302 e. The molecule has 6 nitrogen and oxygen atoms in total. The molecule has 1 spiro atoms. The third-order valence-electron chi connectivity index (χ3n) is 2.20. The highest BCUT2D eigenvalue weighted by molar-refractivity contribution is 7.48. The molecule has 0 amide bonds. The molecular weight excluding hydrogens is 183 g/mol. The molecule has 0 saturated carbocycles. The highest BCUT2D eigenvalue weighted by Gasteiger charge is 2.63. The summed E-state index contributed by atoms with van der Waals surface area (Å²) >= 11 is 0. The topological polar surface area (TPSA) is 62.2 Å². The molecule has 70 valence electrons. The molecule has 7 heteroatoms. The molecule has 0 radical (unpaired) electrons. The maximum Gasteiger partial charge on any atom is 0.481 e. The Morgan fingerprint density at radius 3 is 2.08 bits per heavy atom. The second-order valence-electron chi connectivity index (χ2n) is 3.04. The van der Waals surface area contributed by atoms with E-state index >= 15 is 0 Å². The van der Waals surface area contributed by atoms with E-state index in [1.165, 1.54) is 0 Å². The molecule has 0 aliphatic carbocycles. The Bertz CT molecular complexity index is 236. The van der Waals surface area contributed by atoms with E-state index in [0.717, 1.165) is 13.1 Å². The van der Waals surface area contributed by atoms with Crippen molar-refractivity contribution in [2.75, 3.05) is 27.2 Å². The van der Waals surface area contributed by atoms with Crippen LogP contribution in [0.3, 0.4) is 0 Å². The first-order valence-electron chi connectivity index (χ1n) is 3.63. The van der Waals surface area contributed by atoms with E-state index in [9.17, 15) is 4.57 Å². The van der Waals surface area contributed by atoms with Crippen LogP contribution >= 0.6 is 7.82 Å². The van der Waals surface area contributed by atoms with Crippen LogP contribution in [0.25, 0.3) is 0 Å². The van der Waals surface area contributed by atoms with Crippen molar-refractivity contribution >= 4 is 7.82 Å². The van der Waals surface area contributed by atoms with Crippen LogP contribution in [0.1, 0.15) is 0 Å². The molecule has 0 atom stereocenters. The molecule has 2 rings (SSSR count). The fraction of sp³-hybridized carbons (Fsp3) is 1.00. The van der Waals surface area contributed by atoms with Crippen LogP contribution in [0.2, 0.25) is 0 Å². The molecular formula is C5H11N2O4P. The van der Waals surface area contributed by atoms with Crippen molar-refractivity contribution in [3.63, 3.8) is 0 Å². The maximum absolute atomic E-state index is 10.8. The predicted octanol–water partition coefficient (Wildman–Crippen LogP) is -0.378. The predicted molar refractivity (Wildman–Crippen MR) is 40.0 cm³/mol. The highest BCUT2D eigenvalue weighted by Crippen LogP contribution is 2.63. The van der Waals surface area contributed by atoms with E-state index in [4.69, 9.17) is 13.9 Å². The molecule has 0 aromatic rings. The van der Waals surface area contributed by atoms with Crippen molar-refractivity contribution in [1.82, 2.24) is 9.80 Å². The summed E-state index contributed by atoms with van der Waals surface area (Å²) < 4.78 is 20.5. The van der Waals surface area contributed by atoms with E-state index in [1.807, 2.05) is 0 Å². The molecule has 12 heavy (non-hydrogen) atoms. The molecule has 2 saturated heterocycles. The fourth-order valence-electron chi connectivity index (χ4n) is 1.46. The third-order valence-corrected chi connectivity index (χ3v) is 3.14. The Balaban J connectivity index is 2.18. The first kappa shape index (κ1) is 8.62. The smallest absolute Gasteiger partial charge is 0.302 e. The van der Waals surface area contributed by atoms with E-state index in [1.54, 1.807) is 23.9 Å². The van der Waals surface area contributed by atoms with Gasteiger partial charge >= 0.3 is 13.9 Å². The summed E-state index contributed by atoms with van der Waals surface area (Å²) in [5.74, 6) is 0. The van der Waals surface area contributed by atoms with Crippen molar-refractivity contribution in [2.24, 2.45) is 0 Å². The lowest BCUT2D eigenvalue weighted by molar-refractivity contribution is -0.341. The second kappa shape index (κ2) is 2.29. The molecule has 0 unspecified atom stereocenters. The van der Waals surface area contributed by atoms with Gasteiger partial charge in [-0.1, -0.05) is 0 Å². The minimum atomic E-state index is -3.74. The normalized spacial score (nSPS) is 33.9. The maximum atomic E-state index is 10.8. The van der Waals surface area contributed by atoms with Crippen LogP contribution in [0.15, 0.2) is 0 Å². The first-order valence-corrected chi connectivity index (χ1v) is 5.13. The number of likely N-dealkylation sites (N-methyl/N-ethyl adjacent to an activating group) is 2. The molecule has 0 aromatic carbocycles. The van der Waals surface area contributed by atoms with Gasteiger partial charge in [0.1, 0.15) is 0 Å².